The fourth-order valence-corrected chi connectivity index (χ4v) is 5.21. The number of hydrogen-bond acceptors (Lipinski definition) is 5. The minimum absolute atomic E-state index is 0.176. The lowest BCUT2D eigenvalue weighted by atomic mass is 9.99. The molecule has 0 aliphatic carbocycles. The van der Waals surface area contributed by atoms with E-state index >= 15 is 0 Å². The first-order chi connectivity index (χ1) is 20.5. The number of nitrogens with one attached hydrogen (secondary N) is 5. The first kappa shape index (κ1) is 30.9. The van der Waals surface area contributed by atoms with E-state index in [0.29, 0.717) is 31.1 Å². The topological polar surface area (TPSA) is 111 Å². The second-order valence-corrected chi connectivity index (χ2v) is 10.8. The number of rotatable bonds is 16. The van der Waals surface area contributed by atoms with Gasteiger partial charge in [-0.15, -0.1) is 0 Å². The Kier molecular flexibility index (Phi) is 11.7. The number of aromatic nitrogens is 2. The first-order valence-corrected chi connectivity index (χ1v) is 15.1. The van der Waals surface area contributed by atoms with E-state index in [1.54, 1.807) is 12.4 Å². The predicted molar refractivity (Wildman–Crippen MR) is 169 cm³/mol. The Morgan fingerprint density at radius 2 is 1.67 bits per heavy atom. The van der Waals surface area contributed by atoms with Crippen molar-refractivity contribution >= 4 is 22.6 Å². The number of fused-ring (bicyclic) bond motifs is 1. The Labute approximate surface area is 249 Å². The number of imidazole rings is 1. The van der Waals surface area contributed by atoms with Crippen LogP contribution in [0.4, 0.5) is 0 Å². The summed E-state index contributed by atoms with van der Waals surface area (Å²) >= 11 is 0. The molecule has 4 rings (SSSR count). The highest BCUT2D eigenvalue weighted by molar-refractivity contribution is 5.97. The Balaban J connectivity index is 1.39. The standard InChI is InChI=1S/C34H44N6O2/c1-4-28(5-2)36-19-9-14-31(34(42)39-24(3)29-13-8-11-26-10-6-7-12-30(26)29)40-33(41)27-17-15-25(16-18-27)22-35-23-32-37-20-21-38-32/h6-8,10-13,15-18,20-21,24,28,31,35-36H,4-5,9,14,19,22-23H2,1-3H3,(H,37,38)(H,39,42)(H,40,41)/t24-,31-/m0/s1. The lowest BCUT2D eigenvalue weighted by Gasteiger charge is -2.23. The molecule has 3 aromatic carbocycles. The molecule has 0 unspecified atom stereocenters. The summed E-state index contributed by atoms with van der Waals surface area (Å²) in [5.74, 6) is 0.446. The highest BCUT2D eigenvalue weighted by atomic mass is 16.2. The number of amides is 2. The molecule has 2 atom stereocenters. The van der Waals surface area contributed by atoms with Crippen molar-refractivity contribution in [2.24, 2.45) is 0 Å². The molecule has 0 fully saturated rings. The van der Waals surface area contributed by atoms with Gasteiger partial charge in [0.1, 0.15) is 11.9 Å². The van der Waals surface area contributed by atoms with Gasteiger partial charge >= 0.3 is 0 Å². The zero-order chi connectivity index (χ0) is 29.7. The smallest absolute Gasteiger partial charge is 0.251 e. The van der Waals surface area contributed by atoms with E-state index in [1.165, 1.54) is 0 Å². The molecule has 1 aromatic heterocycles. The monoisotopic (exact) mass is 568 g/mol. The van der Waals surface area contributed by atoms with Crippen LogP contribution in [0.2, 0.25) is 0 Å². The maximum atomic E-state index is 13.6. The van der Waals surface area contributed by atoms with Crippen LogP contribution in [0.15, 0.2) is 79.1 Å². The Morgan fingerprint density at radius 1 is 0.905 bits per heavy atom. The lowest BCUT2D eigenvalue weighted by molar-refractivity contribution is -0.123. The van der Waals surface area contributed by atoms with Gasteiger partial charge in [-0.3, -0.25) is 9.59 Å². The van der Waals surface area contributed by atoms with Crippen molar-refractivity contribution in [3.05, 3.63) is 102 Å². The summed E-state index contributed by atoms with van der Waals surface area (Å²) in [5, 5.41) is 15.3. The van der Waals surface area contributed by atoms with Crippen LogP contribution >= 0.6 is 0 Å². The van der Waals surface area contributed by atoms with Gasteiger partial charge in [-0.05, 0) is 73.2 Å². The number of hydrogen-bond donors (Lipinski definition) is 5. The van der Waals surface area contributed by atoms with Crippen LogP contribution in [0.1, 0.15) is 79.8 Å². The third-order valence-electron chi connectivity index (χ3n) is 7.75. The molecule has 1 heterocycles. The number of aromatic amines is 1. The SMILES string of the molecule is CCC(CC)NCCC[C@H](NC(=O)c1ccc(CNCc2ncc[nH]2)cc1)C(=O)N[C@@H](C)c1cccc2ccccc12. The molecule has 0 aliphatic rings. The fraction of sp³-hybridized carbons (Fsp3) is 0.382. The Hall–Kier alpha value is -4.01. The van der Waals surface area contributed by atoms with E-state index in [4.69, 9.17) is 0 Å². The molecule has 8 nitrogen and oxygen atoms in total. The summed E-state index contributed by atoms with van der Waals surface area (Å²) in [6.07, 6.45) is 6.97. The third kappa shape index (κ3) is 8.74. The molecular weight excluding hydrogens is 524 g/mol. The minimum atomic E-state index is -0.645. The van der Waals surface area contributed by atoms with Crippen LogP contribution in [0.5, 0.6) is 0 Å². The Bertz CT molecular complexity index is 1390. The van der Waals surface area contributed by atoms with Gasteiger partial charge in [0.15, 0.2) is 0 Å². The summed E-state index contributed by atoms with van der Waals surface area (Å²) in [7, 11) is 0. The molecule has 4 aromatic rings. The number of carbonyl (C=O) groups excluding carboxylic acids is 2. The summed E-state index contributed by atoms with van der Waals surface area (Å²) in [6.45, 7) is 8.43. The van der Waals surface area contributed by atoms with Crippen LogP contribution in [0.25, 0.3) is 10.8 Å². The summed E-state index contributed by atoms with van der Waals surface area (Å²) in [6, 6.07) is 21.4. The van der Waals surface area contributed by atoms with E-state index in [1.807, 2.05) is 55.5 Å². The largest absolute Gasteiger partial charge is 0.348 e. The molecule has 0 bridgehead atoms. The molecule has 8 heteroatoms. The van der Waals surface area contributed by atoms with Crippen LogP contribution in [-0.4, -0.2) is 40.4 Å². The molecule has 222 valence electrons. The number of benzene rings is 3. The van der Waals surface area contributed by atoms with E-state index < -0.39 is 6.04 Å². The molecule has 0 aliphatic heterocycles. The number of H-pyrrole nitrogens is 1. The third-order valence-corrected chi connectivity index (χ3v) is 7.75. The zero-order valence-electron chi connectivity index (χ0n) is 25.0. The molecular formula is C34H44N6O2. The van der Waals surface area contributed by atoms with E-state index in [2.05, 4.69) is 63.3 Å². The summed E-state index contributed by atoms with van der Waals surface area (Å²) in [4.78, 5) is 34.1. The zero-order valence-corrected chi connectivity index (χ0v) is 25.0. The molecule has 2 amide bonds. The fourth-order valence-electron chi connectivity index (χ4n) is 5.21. The van der Waals surface area contributed by atoms with Crippen molar-refractivity contribution in [3.8, 4) is 0 Å². The summed E-state index contributed by atoms with van der Waals surface area (Å²) < 4.78 is 0. The predicted octanol–water partition coefficient (Wildman–Crippen LogP) is 5.39. The van der Waals surface area contributed by atoms with Gasteiger partial charge in [0, 0.05) is 30.5 Å². The van der Waals surface area contributed by atoms with Gasteiger partial charge in [-0.25, -0.2) is 4.98 Å². The van der Waals surface area contributed by atoms with Gasteiger partial charge < -0.3 is 26.3 Å². The highest BCUT2D eigenvalue weighted by Gasteiger charge is 2.23. The van der Waals surface area contributed by atoms with Crippen LogP contribution in [0, 0.1) is 0 Å². The minimum Gasteiger partial charge on any atom is -0.348 e. The number of nitrogens with zero attached hydrogens (tertiary/aromatic N) is 1. The van der Waals surface area contributed by atoms with Crippen molar-refractivity contribution in [1.29, 1.82) is 0 Å². The van der Waals surface area contributed by atoms with E-state index in [0.717, 1.165) is 53.5 Å². The average Bonchev–Trinajstić information content (AvgIpc) is 3.54. The van der Waals surface area contributed by atoms with Crippen LogP contribution in [-0.2, 0) is 17.9 Å². The second kappa shape index (κ2) is 15.8. The van der Waals surface area contributed by atoms with Gasteiger partial charge in [-0.2, -0.15) is 0 Å². The molecule has 42 heavy (non-hydrogen) atoms. The average molecular weight is 569 g/mol. The molecule has 0 saturated heterocycles. The van der Waals surface area contributed by atoms with E-state index in [-0.39, 0.29) is 17.9 Å². The van der Waals surface area contributed by atoms with Crippen molar-refractivity contribution < 1.29 is 9.59 Å². The van der Waals surface area contributed by atoms with Gasteiger partial charge in [0.25, 0.3) is 5.91 Å². The first-order valence-electron chi connectivity index (χ1n) is 15.1. The maximum Gasteiger partial charge on any atom is 0.251 e. The van der Waals surface area contributed by atoms with Crippen molar-refractivity contribution in [2.45, 2.75) is 77.7 Å². The number of carbonyl (C=O) groups is 2. The summed E-state index contributed by atoms with van der Waals surface area (Å²) in [5.41, 5.74) is 2.64. The van der Waals surface area contributed by atoms with Gasteiger partial charge in [0.05, 0.1) is 12.6 Å². The molecule has 5 N–H and O–H groups in total. The molecule has 0 saturated carbocycles. The molecule has 0 spiro atoms. The lowest BCUT2D eigenvalue weighted by Crippen LogP contribution is -2.47. The quantitative estimate of drug-likeness (QED) is 0.117. The van der Waals surface area contributed by atoms with Crippen LogP contribution in [0.3, 0.4) is 0 Å². The van der Waals surface area contributed by atoms with Gasteiger partial charge in [0.2, 0.25) is 5.91 Å². The van der Waals surface area contributed by atoms with Crippen molar-refractivity contribution in [1.82, 2.24) is 31.2 Å². The maximum absolute atomic E-state index is 13.6. The Morgan fingerprint density at radius 3 is 2.40 bits per heavy atom. The van der Waals surface area contributed by atoms with Gasteiger partial charge in [-0.1, -0.05) is 68.4 Å². The normalized spacial score (nSPS) is 12.8. The van der Waals surface area contributed by atoms with Crippen molar-refractivity contribution in [2.75, 3.05) is 6.54 Å². The highest BCUT2D eigenvalue weighted by Crippen LogP contribution is 2.24. The second-order valence-electron chi connectivity index (χ2n) is 10.8. The molecule has 0 radical (unpaired) electrons. The van der Waals surface area contributed by atoms with Crippen molar-refractivity contribution in [3.63, 3.8) is 0 Å². The van der Waals surface area contributed by atoms with Crippen LogP contribution < -0.4 is 21.3 Å². The van der Waals surface area contributed by atoms with E-state index in [9.17, 15) is 9.59 Å².